The summed E-state index contributed by atoms with van der Waals surface area (Å²) in [6.45, 7) is 7.76. The van der Waals surface area contributed by atoms with Crippen molar-refractivity contribution in [3.05, 3.63) is 105 Å². The highest BCUT2D eigenvalue weighted by Crippen LogP contribution is 2.51. The zero-order valence-electron chi connectivity index (χ0n) is 41.1. The number of amides is 4. The van der Waals surface area contributed by atoms with Gasteiger partial charge in [-0.15, -0.1) is 10.2 Å². The molecule has 0 bridgehead atoms. The number of piperazine rings is 1. The quantitative estimate of drug-likeness (QED) is 0.115. The van der Waals surface area contributed by atoms with Crippen molar-refractivity contribution >= 4 is 35.0 Å². The zero-order valence-corrected chi connectivity index (χ0v) is 41.1. The van der Waals surface area contributed by atoms with Crippen LogP contribution in [0.2, 0.25) is 0 Å². The van der Waals surface area contributed by atoms with Gasteiger partial charge in [0.1, 0.15) is 18.2 Å². The summed E-state index contributed by atoms with van der Waals surface area (Å²) in [4.78, 5) is 61.0. The predicted octanol–water partition coefficient (Wildman–Crippen LogP) is 7.17. The molecule has 382 valence electrons. The molecule has 4 aromatic rings. The minimum absolute atomic E-state index is 0.00168. The van der Waals surface area contributed by atoms with E-state index in [1.54, 1.807) is 24.5 Å². The highest BCUT2D eigenvalue weighted by Gasteiger charge is 2.46. The molecule has 1 atom stereocenters. The molecule has 14 nitrogen and oxygen atoms in total. The van der Waals surface area contributed by atoms with Gasteiger partial charge in [0.25, 0.3) is 11.8 Å². The number of halogens is 4. The van der Waals surface area contributed by atoms with Gasteiger partial charge in [0.05, 0.1) is 36.5 Å². The summed E-state index contributed by atoms with van der Waals surface area (Å²) in [6, 6.07) is 13.2. The first-order valence-electron chi connectivity index (χ1n) is 25.9. The maximum absolute atomic E-state index is 16.0. The molecule has 6 heterocycles. The van der Waals surface area contributed by atoms with E-state index in [9.17, 15) is 32.3 Å². The van der Waals surface area contributed by atoms with E-state index in [-0.39, 0.29) is 72.1 Å². The second-order valence-corrected chi connectivity index (χ2v) is 21.8. The number of benzene rings is 3. The molecule has 0 spiro atoms. The van der Waals surface area contributed by atoms with Gasteiger partial charge >= 0.3 is 6.18 Å². The van der Waals surface area contributed by atoms with Gasteiger partial charge in [-0.25, -0.2) is 4.39 Å². The van der Waals surface area contributed by atoms with Crippen molar-refractivity contribution < 1.29 is 41.5 Å². The molecule has 0 radical (unpaired) electrons. The molecule has 5 aliphatic heterocycles. The topological polar surface area (TPSA) is 136 Å². The van der Waals surface area contributed by atoms with E-state index in [1.807, 2.05) is 34.7 Å². The van der Waals surface area contributed by atoms with Crippen LogP contribution >= 0.6 is 0 Å². The Bertz CT molecular complexity index is 2750. The first kappa shape index (κ1) is 48.5. The Labute approximate surface area is 417 Å². The number of alkyl halides is 3. The zero-order chi connectivity index (χ0) is 50.1. The number of fused-ring (bicyclic) bond motifs is 2. The summed E-state index contributed by atoms with van der Waals surface area (Å²) in [7, 11) is 1.92. The third kappa shape index (κ3) is 9.42. The van der Waals surface area contributed by atoms with E-state index in [4.69, 9.17) is 4.74 Å². The monoisotopic (exact) mass is 993 g/mol. The van der Waals surface area contributed by atoms with E-state index in [0.29, 0.717) is 60.4 Å². The summed E-state index contributed by atoms with van der Waals surface area (Å²) in [5.74, 6) is -0.170. The van der Waals surface area contributed by atoms with Crippen LogP contribution in [0.15, 0.2) is 54.9 Å². The number of rotatable bonds is 12. The van der Waals surface area contributed by atoms with E-state index < -0.39 is 35.4 Å². The van der Waals surface area contributed by atoms with Crippen LogP contribution < -0.4 is 15.1 Å². The lowest BCUT2D eigenvalue weighted by Gasteiger charge is -2.47. The number of anilines is 2. The molecular formula is C54H63F4N9O5. The number of carbonyl (C=O) groups excluding carboxylic acids is 4. The molecule has 72 heavy (non-hydrogen) atoms. The standard InChI is InChI=1S/C54H63F4N9O5/c1-33-25-53(26-33,27-47-61-59-32-62(47)2)36-4-3-5-37(24-36)66-30-42-41(52(66)71)22-35(23-44(42)54(56,57)58)29-64-20-18-63(19-21-64)28-34-6-8-38(9-7-34)72-39-14-16-65(17-15-39)45-11-10-40-43(49(45)55)31-67(51(40)70)46-12-13-48(68)60-50(46)69/h3-5,10-11,22-24,32-34,38-39,46H,6-9,12-21,25-31H2,1-2H3,(H,60,68,69)/t33-,34-,38-,46?,53+. The SMILES string of the molecule is Cn1cnnc1C[C@]1(c2cccc(N3Cc4c(cc(CN5CCN(C[C@H]6CC[C@H](OC7CCN(c8ccc9c(c8F)CN(C8CCC(=O)NC8=O)C9=O)CC7)CC6)CC5)cc4C(F)(F)F)C3=O)c2)C[C@@H](C)C1. The van der Waals surface area contributed by atoms with Crippen LogP contribution in [-0.4, -0.2) is 117 Å². The maximum Gasteiger partial charge on any atom is 0.416 e. The summed E-state index contributed by atoms with van der Waals surface area (Å²) in [5, 5.41) is 10.7. The Morgan fingerprint density at radius 2 is 1.54 bits per heavy atom. The van der Waals surface area contributed by atoms with Gasteiger partial charge in [-0.05, 0) is 123 Å². The number of piperidine rings is 2. The Hall–Kier alpha value is -5.72. The van der Waals surface area contributed by atoms with Crippen LogP contribution in [0.4, 0.5) is 28.9 Å². The van der Waals surface area contributed by atoms with Gasteiger partial charge in [-0.2, -0.15) is 13.2 Å². The number of ether oxygens (including phenoxy) is 1. The molecule has 18 heteroatoms. The lowest BCUT2D eigenvalue weighted by atomic mass is 9.57. The van der Waals surface area contributed by atoms with Gasteiger partial charge < -0.3 is 28.9 Å². The molecule has 2 saturated carbocycles. The Morgan fingerprint density at radius 1 is 0.806 bits per heavy atom. The average Bonchev–Trinajstić information content (AvgIpc) is 4.03. The summed E-state index contributed by atoms with van der Waals surface area (Å²) >= 11 is 0. The Morgan fingerprint density at radius 3 is 2.24 bits per heavy atom. The minimum atomic E-state index is -4.61. The molecule has 1 aromatic heterocycles. The van der Waals surface area contributed by atoms with Crippen LogP contribution in [-0.2, 0) is 59.0 Å². The third-order valence-electron chi connectivity index (χ3n) is 16.9. The molecule has 2 aliphatic carbocycles. The molecule has 3 aromatic carbocycles. The lowest BCUT2D eigenvalue weighted by molar-refractivity contribution is -0.138. The summed E-state index contributed by atoms with van der Waals surface area (Å²) < 4.78 is 68.9. The largest absolute Gasteiger partial charge is 0.416 e. The summed E-state index contributed by atoms with van der Waals surface area (Å²) in [6.07, 6.45) is 5.91. The average molecular weight is 994 g/mol. The van der Waals surface area contributed by atoms with Crippen molar-refractivity contribution in [1.29, 1.82) is 0 Å². The Kier molecular flexibility index (Phi) is 13.0. The number of aromatic nitrogens is 3. The number of imide groups is 1. The smallest absolute Gasteiger partial charge is 0.375 e. The first-order valence-corrected chi connectivity index (χ1v) is 25.9. The fourth-order valence-electron chi connectivity index (χ4n) is 13.1. The second-order valence-electron chi connectivity index (χ2n) is 21.8. The first-order chi connectivity index (χ1) is 34.6. The number of carbonyl (C=O) groups is 4. The van der Waals surface area contributed by atoms with Crippen molar-refractivity contribution in [2.24, 2.45) is 18.9 Å². The van der Waals surface area contributed by atoms with E-state index in [1.165, 1.54) is 15.9 Å². The molecule has 5 fully saturated rings. The number of hydrogen-bond donors (Lipinski definition) is 1. The lowest BCUT2D eigenvalue weighted by Crippen LogP contribution is -2.52. The minimum Gasteiger partial charge on any atom is -0.375 e. The van der Waals surface area contributed by atoms with Gasteiger partial charge in [0, 0.05) is 100 Å². The fourth-order valence-corrected chi connectivity index (χ4v) is 13.1. The number of aryl methyl sites for hydroxylation is 1. The number of hydrogen-bond acceptors (Lipinski definition) is 10. The van der Waals surface area contributed by atoms with Crippen molar-refractivity contribution in [2.45, 2.75) is 127 Å². The van der Waals surface area contributed by atoms with Crippen molar-refractivity contribution in [2.75, 3.05) is 55.6 Å². The highest BCUT2D eigenvalue weighted by atomic mass is 19.4. The fraction of sp³-hybridized carbons (Fsp3) is 0.556. The molecule has 4 amide bonds. The maximum atomic E-state index is 16.0. The molecular weight excluding hydrogens is 931 g/mol. The second kappa shape index (κ2) is 19.3. The van der Waals surface area contributed by atoms with Crippen LogP contribution in [0.5, 0.6) is 0 Å². The number of nitrogens with one attached hydrogen (secondary N) is 1. The number of nitrogens with zero attached hydrogens (tertiary/aromatic N) is 8. The normalized spacial score (nSPS) is 26.6. The Balaban J connectivity index is 0.642. The van der Waals surface area contributed by atoms with Crippen LogP contribution in [0.1, 0.15) is 125 Å². The van der Waals surface area contributed by atoms with Gasteiger partial charge in [-0.1, -0.05) is 19.1 Å². The van der Waals surface area contributed by atoms with Crippen LogP contribution in [0, 0.1) is 17.7 Å². The van der Waals surface area contributed by atoms with Crippen molar-refractivity contribution in [3.63, 3.8) is 0 Å². The van der Waals surface area contributed by atoms with Gasteiger partial charge in [0.15, 0.2) is 5.82 Å². The highest BCUT2D eigenvalue weighted by molar-refractivity contribution is 6.10. The molecule has 1 N–H and O–H groups in total. The van der Waals surface area contributed by atoms with Gasteiger partial charge in [-0.3, -0.25) is 29.4 Å². The molecule has 11 rings (SSSR count). The van der Waals surface area contributed by atoms with Crippen LogP contribution in [0.25, 0.3) is 0 Å². The summed E-state index contributed by atoms with van der Waals surface area (Å²) in [5.41, 5.74) is 2.43. The van der Waals surface area contributed by atoms with E-state index >= 15 is 4.39 Å². The molecule has 1 unspecified atom stereocenters. The van der Waals surface area contributed by atoms with Crippen molar-refractivity contribution in [1.82, 2.24) is 34.8 Å². The van der Waals surface area contributed by atoms with Crippen LogP contribution in [0.3, 0.4) is 0 Å². The van der Waals surface area contributed by atoms with E-state index in [2.05, 4.69) is 38.3 Å². The van der Waals surface area contributed by atoms with E-state index in [0.717, 1.165) is 95.5 Å². The molecule has 3 saturated heterocycles. The third-order valence-corrected chi connectivity index (χ3v) is 16.9. The van der Waals surface area contributed by atoms with Gasteiger partial charge in [0.2, 0.25) is 11.8 Å². The molecule has 7 aliphatic rings. The predicted molar refractivity (Wildman–Crippen MR) is 259 cm³/mol. The van der Waals surface area contributed by atoms with Crippen molar-refractivity contribution in [3.8, 4) is 0 Å².